The average molecular weight is 361 g/mol. The number of nitrogens with one attached hydrogen (secondary N) is 2. The van der Waals surface area contributed by atoms with Crippen LogP contribution in [-0.2, 0) is 11.3 Å². The summed E-state index contributed by atoms with van der Waals surface area (Å²) in [4.78, 5) is 26.8. The zero-order valence-corrected chi connectivity index (χ0v) is 15.7. The van der Waals surface area contributed by atoms with Gasteiger partial charge in [0.2, 0.25) is 0 Å². The van der Waals surface area contributed by atoms with E-state index in [-0.39, 0.29) is 5.91 Å². The first-order valence-electron chi connectivity index (χ1n) is 8.17. The van der Waals surface area contributed by atoms with Gasteiger partial charge in [0, 0.05) is 25.3 Å². The summed E-state index contributed by atoms with van der Waals surface area (Å²) in [7, 11) is 4.02. The fourth-order valence-electron chi connectivity index (χ4n) is 2.51. The van der Waals surface area contributed by atoms with Gasteiger partial charge in [0.05, 0.1) is 12.1 Å². The second-order valence-electron chi connectivity index (χ2n) is 6.09. The quantitative estimate of drug-likeness (QED) is 0.655. The van der Waals surface area contributed by atoms with Crippen LogP contribution in [0.1, 0.15) is 22.8 Å². The summed E-state index contributed by atoms with van der Waals surface area (Å²) in [6.45, 7) is 3.99. The predicted molar refractivity (Wildman–Crippen MR) is 102 cm³/mol. The Morgan fingerprint density at radius 1 is 1.20 bits per heavy atom. The Hall–Kier alpha value is -2.38. The number of carbonyl (C=O) groups is 2. The van der Waals surface area contributed by atoms with Crippen molar-refractivity contribution < 1.29 is 14.5 Å². The van der Waals surface area contributed by atoms with Crippen LogP contribution >= 0.6 is 11.3 Å². The Balaban J connectivity index is 1.95. The largest absolute Gasteiger partial charge is 0.378 e. The molecule has 0 saturated heterocycles. The zero-order chi connectivity index (χ0) is 18.4. The molecule has 0 aliphatic carbocycles. The van der Waals surface area contributed by atoms with E-state index in [4.69, 9.17) is 5.73 Å². The third kappa shape index (κ3) is 5.30. The van der Waals surface area contributed by atoms with E-state index < -0.39 is 5.91 Å². The van der Waals surface area contributed by atoms with E-state index in [1.54, 1.807) is 11.4 Å². The molecule has 2 aromatic rings. The van der Waals surface area contributed by atoms with Crippen molar-refractivity contribution in [3.05, 3.63) is 46.8 Å². The molecule has 1 heterocycles. The number of rotatable bonds is 8. The van der Waals surface area contributed by atoms with Gasteiger partial charge in [0.15, 0.2) is 6.54 Å². The highest BCUT2D eigenvalue weighted by Crippen LogP contribution is 2.22. The molecule has 2 amide bonds. The van der Waals surface area contributed by atoms with Crippen LogP contribution in [0, 0.1) is 0 Å². The normalized spacial score (nSPS) is 11.8. The second kappa shape index (κ2) is 8.64. The third-order valence-electron chi connectivity index (χ3n) is 4.00. The number of likely N-dealkylation sites (N-methyl/N-ethyl adjacent to an activating group) is 1. The highest BCUT2D eigenvalue weighted by atomic mass is 32.1. The molecule has 0 saturated carbocycles. The first-order valence-corrected chi connectivity index (χ1v) is 9.05. The number of nitrogens with two attached hydrogens (primary N) is 1. The van der Waals surface area contributed by atoms with Gasteiger partial charge in [-0.25, -0.2) is 0 Å². The molecule has 2 rings (SSSR count). The molecule has 1 aromatic heterocycles. The number of carbonyl (C=O) groups excluding carboxylic acids is 2. The SMILES string of the molecule is CC[NH+](CC(=O)Nc1sccc1C(N)=O)Cc1ccc(N(C)C)cc1. The minimum atomic E-state index is -0.530. The molecule has 0 fully saturated rings. The highest BCUT2D eigenvalue weighted by Gasteiger charge is 2.17. The van der Waals surface area contributed by atoms with E-state index in [2.05, 4.69) is 41.4 Å². The standard InChI is InChI=1S/C18H24N4O2S/c1-4-22(11-13-5-7-14(8-6-13)21(2)3)12-16(23)20-18-15(17(19)24)9-10-25-18/h5-10H,4,11-12H2,1-3H3,(H2,19,24)(H,20,23)/p+1. The maximum Gasteiger partial charge on any atom is 0.280 e. The molecule has 0 spiro atoms. The molecule has 1 unspecified atom stereocenters. The fourth-order valence-corrected chi connectivity index (χ4v) is 3.32. The van der Waals surface area contributed by atoms with Crippen LogP contribution in [0.25, 0.3) is 0 Å². The summed E-state index contributed by atoms with van der Waals surface area (Å²) in [5.41, 5.74) is 8.00. The van der Waals surface area contributed by atoms with Crippen LogP contribution in [0.15, 0.2) is 35.7 Å². The summed E-state index contributed by atoms with van der Waals surface area (Å²) in [6.07, 6.45) is 0. The lowest BCUT2D eigenvalue weighted by Gasteiger charge is -2.18. The molecule has 4 N–H and O–H groups in total. The van der Waals surface area contributed by atoms with E-state index in [0.717, 1.165) is 23.7 Å². The van der Waals surface area contributed by atoms with E-state index in [0.29, 0.717) is 17.1 Å². The van der Waals surface area contributed by atoms with Gasteiger partial charge in [-0.15, -0.1) is 11.3 Å². The van der Waals surface area contributed by atoms with Gasteiger partial charge >= 0.3 is 0 Å². The van der Waals surface area contributed by atoms with Gasteiger partial charge < -0.3 is 20.9 Å². The Morgan fingerprint density at radius 2 is 1.88 bits per heavy atom. The van der Waals surface area contributed by atoms with E-state index >= 15 is 0 Å². The van der Waals surface area contributed by atoms with E-state index in [1.807, 2.05) is 14.1 Å². The molecule has 25 heavy (non-hydrogen) atoms. The number of anilines is 2. The Bertz CT molecular complexity index is 725. The van der Waals surface area contributed by atoms with Crippen LogP contribution < -0.4 is 20.9 Å². The summed E-state index contributed by atoms with van der Waals surface area (Å²) in [5, 5.41) is 5.06. The monoisotopic (exact) mass is 361 g/mol. The second-order valence-corrected chi connectivity index (χ2v) is 7.01. The predicted octanol–water partition coefficient (Wildman–Crippen LogP) is 0.957. The maximum atomic E-state index is 12.3. The van der Waals surface area contributed by atoms with E-state index in [1.165, 1.54) is 16.9 Å². The van der Waals surface area contributed by atoms with Gasteiger partial charge in [0.25, 0.3) is 11.8 Å². The molecule has 134 valence electrons. The molecule has 0 radical (unpaired) electrons. The number of benzene rings is 1. The third-order valence-corrected chi connectivity index (χ3v) is 4.83. The zero-order valence-electron chi connectivity index (χ0n) is 14.8. The number of hydrogen-bond acceptors (Lipinski definition) is 4. The molecule has 6 nitrogen and oxygen atoms in total. The molecule has 0 bridgehead atoms. The van der Waals surface area contributed by atoms with Crippen LogP contribution in [0.3, 0.4) is 0 Å². The molecule has 1 atom stereocenters. The Labute approximate surface area is 152 Å². The lowest BCUT2D eigenvalue weighted by Crippen LogP contribution is -3.11. The van der Waals surface area contributed by atoms with Crippen molar-refractivity contribution in [3.63, 3.8) is 0 Å². The fraction of sp³-hybridized carbons (Fsp3) is 0.333. The van der Waals surface area contributed by atoms with Crippen LogP contribution in [0.5, 0.6) is 0 Å². The molecule has 0 aliphatic rings. The minimum absolute atomic E-state index is 0.119. The van der Waals surface area contributed by atoms with Gasteiger partial charge in [-0.2, -0.15) is 0 Å². The minimum Gasteiger partial charge on any atom is -0.378 e. The van der Waals surface area contributed by atoms with Crippen molar-refractivity contribution in [2.45, 2.75) is 13.5 Å². The van der Waals surface area contributed by atoms with Crippen LogP contribution in [0.2, 0.25) is 0 Å². The lowest BCUT2D eigenvalue weighted by molar-refractivity contribution is -0.903. The van der Waals surface area contributed by atoms with Crippen molar-refractivity contribution in [2.24, 2.45) is 5.73 Å². The van der Waals surface area contributed by atoms with Crippen LogP contribution in [0.4, 0.5) is 10.7 Å². The number of primary amides is 1. The van der Waals surface area contributed by atoms with Gasteiger partial charge in [-0.3, -0.25) is 9.59 Å². The number of amides is 2. The van der Waals surface area contributed by atoms with Crippen LogP contribution in [-0.4, -0.2) is 39.0 Å². The van der Waals surface area contributed by atoms with Crippen molar-refractivity contribution in [1.82, 2.24) is 0 Å². The summed E-state index contributed by atoms with van der Waals surface area (Å²) in [5.74, 6) is -0.649. The molecular formula is C18H25N4O2S+. The summed E-state index contributed by atoms with van der Waals surface area (Å²) < 4.78 is 0. The highest BCUT2D eigenvalue weighted by molar-refractivity contribution is 7.14. The van der Waals surface area contributed by atoms with E-state index in [9.17, 15) is 9.59 Å². The topological polar surface area (TPSA) is 79.9 Å². The first kappa shape index (κ1) is 19.0. The number of quaternary nitrogens is 1. The number of hydrogen-bond donors (Lipinski definition) is 3. The van der Waals surface area contributed by atoms with Crippen molar-refractivity contribution in [1.29, 1.82) is 0 Å². The van der Waals surface area contributed by atoms with Crippen molar-refractivity contribution in [2.75, 3.05) is 37.4 Å². The summed E-state index contributed by atoms with van der Waals surface area (Å²) in [6, 6.07) is 9.96. The van der Waals surface area contributed by atoms with Crippen molar-refractivity contribution in [3.8, 4) is 0 Å². The maximum absolute atomic E-state index is 12.3. The lowest BCUT2D eigenvalue weighted by atomic mass is 10.2. The van der Waals surface area contributed by atoms with Gasteiger partial charge in [0.1, 0.15) is 11.5 Å². The molecular weight excluding hydrogens is 336 g/mol. The number of thiophene rings is 1. The first-order chi connectivity index (χ1) is 11.9. The van der Waals surface area contributed by atoms with Crippen molar-refractivity contribution >= 4 is 33.8 Å². The summed E-state index contributed by atoms with van der Waals surface area (Å²) >= 11 is 1.30. The van der Waals surface area contributed by atoms with Gasteiger partial charge in [-0.1, -0.05) is 12.1 Å². The Kier molecular flexibility index (Phi) is 6.55. The molecule has 7 heteroatoms. The average Bonchev–Trinajstić information content (AvgIpc) is 3.02. The Morgan fingerprint density at radius 3 is 2.44 bits per heavy atom. The molecule has 1 aromatic carbocycles. The number of nitrogens with zero attached hydrogens (tertiary/aromatic N) is 1. The smallest absolute Gasteiger partial charge is 0.280 e. The molecule has 0 aliphatic heterocycles. The van der Waals surface area contributed by atoms with Gasteiger partial charge in [-0.05, 0) is 30.5 Å².